The second-order valence-electron chi connectivity index (χ2n) is 7.72. The summed E-state index contributed by atoms with van der Waals surface area (Å²) in [5.74, 6) is -1.16. The number of carbonyl (C=O) groups is 1. The van der Waals surface area contributed by atoms with Crippen molar-refractivity contribution in [1.82, 2.24) is 4.57 Å². The number of aromatic nitrogens is 1. The van der Waals surface area contributed by atoms with E-state index in [9.17, 15) is 15.0 Å². The van der Waals surface area contributed by atoms with Gasteiger partial charge in [-0.25, -0.2) is 4.79 Å². The van der Waals surface area contributed by atoms with Gasteiger partial charge in [-0.3, -0.25) is 9.45 Å². The maximum Gasteiger partial charge on any atom is 0.364 e. The Bertz CT molecular complexity index is 555. The third kappa shape index (κ3) is 8.13. The number of hydrogen-bond acceptors (Lipinski definition) is 5. The van der Waals surface area contributed by atoms with Crippen molar-refractivity contribution in [3.05, 3.63) is 11.6 Å². The first-order valence-electron chi connectivity index (χ1n) is 11.0. The summed E-state index contributed by atoms with van der Waals surface area (Å²) in [6, 6.07) is 0.582. The molecule has 1 rings (SSSR count). The lowest BCUT2D eigenvalue weighted by molar-refractivity contribution is -0.238. The molecule has 162 valence electrons. The highest BCUT2D eigenvalue weighted by molar-refractivity contribution is 5.74. The highest BCUT2D eigenvalue weighted by Gasteiger charge is 2.28. The van der Waals surface area contributed by atoms with Gasteiger partial charge in [0.1, 0.15) is 6.04 Å². The summed E-state index contributed by atoms with van der Waals surface area (Å²) in [6.45, 7) is 4.21. The Labute approximate surface area is 169 Å². The molecule has 0 amide bonds. The minimum Gasteiger partial charge on any atom is -0.494 e. The lowest BCUT2D eigenvalue weighted by Crippen LogP contribution is -2.20. The van der Waals surface area contributed by atoms with Crippen LogP contribution in [0.5, 0.6) is 11.8 Å². The number of hydrogen-bond donors (Lipinski definition) is 3. The van der Waals surface area contributed by atoms with Crippen molar-refractivity contribution >= 4 is 5.97 Å². The normalized spacial score (nSPS) is 12.2. The van der Waals surface area contributed by atoms with E-state index < -0.39 is 12.0 Å². The summed E-state index contributed by atoms with van der Waals surface area (Å²) in [5, 5.41) is 29.4. The Morgan fingerprint density at radius 3 is 2.00 bits per heavy atom. The molecule has 1 unspecified atom stereocenters. The monoisotopic (exact) mass is 397 g/mol. The molecule has 0 aromatic carbocycles. The molecule has 6 heteroatoms. The van der Waals surface area contributed by atoms with Gasteiger partial charge in [0.05, 0.1) is 0 Å². The largest absolute Gasteiger partial charge is 0.494 e. The minimum atomic E-state index is -0.925. The third-order valence-electron chi connectivity index (χ3n) is 5.37. The van der Waals surface area contributed by atoms with Gasteiger partial charge in [-0.15, -0.1) is 0 Å². The van der Waals surface area contributed by atoms with Crippen LogP contribution in [0.1, 0.15) is 109 Å². The predicted molar refractivity (Wildman–Crippen MR) is 111 cm³/mol. The number of aryl methyl sites for hydroxylation is 1. The molecule has 1 aromatic rings. The Hall–Kier alpha value is -1.69. The van der Waals surface area contributed by atoms with Crippen LogP contribution in [0.3, 0.4) is 0 Å². The van der Waals surface area contributed by atoms with E-state index in [2.05, 4.69) is 11.8 Å². The maximum absolute atomic E-state index is 11.9. The van der Waals surface area contributed by atoms with E-state index >= 15 is 0 Å². The molecule has 1 heterocycles. The standard InChI is InChI=1S/C22H39NO5/c1-3-5-7-8-9-10-11-12-13-14-15-18-17-20(24)23(21(18)25)19(16-6-4-2)22(26)28-27/h17,19,24-25,27H,3-16H2,1-2H3. The number of nitrogens with zero attached hydrogens (tertiary/aromatic N) is 1. The fourth-order valence-corrected chi connectivity index (χ4v) is 3.66. The van der Waals surface area contributed by atoms with E-state index in [0.29, 0.717) is 24.8 Å². The van der Waals surface area contributed by atoms with Crippen molar-refractivity contribution in [3.63, 3.8) is 0 Å². The zero-order valence-corrected chi connectivity index (χ0v) is 17.7. The molecular weight excluding hydrogens is 358 g/mol. The first-order valence-corrected chi connectivity index (χ1v) is 11.0. The van der Waals surface area contributed by atoms with Gasteiger partial charge in [0.25, 0.3) is 0 Å². The van der Waals surface area contributed by atoms with Crippen LogP contribution in [0.2, 0.25) is 0 Å². The average Bonchev–Trinajstić information content (AvgIpc) is 2.97. The van der Waals surface area contributed by atoms with Gasteiger partial charge in [-0.1, -0.05) is 84.5 Å². The Morgan fingerprint density at radius 2 is 1.46 bits per heavy atom. The molecule has 1 atom stereocenters. The van der Waals surface area contributed by atoms with Gasteiger partial charge in [0.2, 0.25) is 0 Å². The van der Waals surface area contributed by atoms with Crippen LogP contribution in [0.4, 0.5) is 0 Å². The molecule has 0 aliphatic carbocycles. The topological polar surface area (TPSA) is 91.9 Å². The molecule has 0 spiro atoms. The second kappa shape index (κ2) is 14.3. The maximum atomic E-state index is 11.9. The summed E-state index contributed by atoms with van der Waals surface area (Å²) in [7, 11) is 0. The number of carbonyl (C=O) groups excluding carboxylic acids is 1. The summed E-state index contributed by atoms with van der Waals surface area (Å²) in [6.07, 6.45) is 14.9. The van der Waals surface area contributed by atoms with Gasteiger partial charge in [0, 0.05) is 11.6 Å². The van der Waals surface area contributed by atoms with Crippen LogP contribution in [-0.4, -0.2) is 26.0 Å². The smallest absolute Gasteiger partial charge is 0.364 e. The van der Waals surface area contributed by atoms with Crippen molar-refractivity contribution in [2.75, 3.05) is 0 Å². The van der Waals surface area contributed by atoms with Crippen LogP contribution in [0, 0.1) is 0 Å². The van der Waals surface area contributed by atoms with E-state index in [-0.39, 0.29) is 11.8 Å². The molecule has 0 fully saturated rings. The molecule has 0 bridgehead atoms. The quantitative estimate of drug-likeness (QED) is 0.178. The van der Waals surface area contributed by atoms with E-state index in [4.69, 9.17) is 5.26 Å². The zero-order chi connectivity index (χ0) is 20.8. The lowest BCUT2D eigenvalue weighted by Gasteiger charge is -2.17. The van der Waals surface area contributed by atoms with Crippen LogP contribution >= 0.6 is 0 Å². The van der Waals surface area contributed by atoms with Crippen molar-refractivity contribution in [2.45, 2.75) is 110 Å². The van der Waals surface area contributed by atoms with Gasteiger partial charge >= 0.3 is 5.97 Å². The lowest BCUT2D eigenvalue weighted by atomic mass is 10.0. The van der Waals surface area contributed by atoms with Gasteiger partial charge in [-0.05, 0) is 19.3 Å². The summed E-state index contributed by atoms with van der Waals surface area (Å²) < 4.78 is 1.17. The van der Waals surface area contributed by atoms with Crippen LogP contribution in [0.25, 0.3) is 0 Å². The molecule has 0 saturated carbocycles. The Morgan fingerprint density at radius 1 is 0.929 bits per heavy atom. The minimum absolute atomic E-state index is 0.111. The van der Waals surface area contributed by atoms with Crippen molar-refractivity contribution in [1.29, 1.82) is 0 Å². The number of unbranched alkanes of at least 4 members (excludes halogenated alkanes) is 10. The van der Waals surface area contributed by atoms with Crippen molar-refractivity contribution < 1.29 is 25.2 Å². The SMILES string of the molecule is CCCCCCCCCCCCc1cc(O)n(C(CCCC)C(=O)OO)c1O. The summed E-state index contributed by atoms with van der Waals surface area (Å²) in [5.41, 5.74) is 0.629. The second-order valence-corrected chi connectivity index (χ2v) is 7.72. The van der Waals surface area contributed by atoms with Gasteiger partial charge in [-0.2, -0.15) is 5.26 Å². The number of rotatable bonds is 16. The Balaban J connectivity index is 2.45. The van der Waals surface area contributed by atoms with Crippen molar-refractivity contribution in [3.8, 4) is 11.8 Å². The molecular formula is C22H39NO5. The average molecular weight is 398 g/mol. The van der Waals surface area contributed by atoms with Gasteiger partial charge in [0.15, 0.2) is 11.8 Å². The highest BCUT2D eigenvalue weighted by atomic mass is 17.1. The molecule has 0 radical (unpaired) electrons. The molecule has 3 N–H and O–H groups in total. The van der Waals surface area contributed by atoms with E-state index in [1.165, 1.54) is 62.0 Å². The molecule has 6 nitrogen and oxygen atoms in total. The van der Waals surface area contributed by atoms with Crippen LogP contribution in [0.15, 0.2) is 6.07 Å². The van der Waals surface area contributed by atoms with E-state index in [1.807, 2.05) is 6.92 Å². The fourth-order valence-electron chi connectivity index (χ4n) is 3.66. The molecule has 0 aliphatic heterocycles. The fraction of sp³-hybridized carbons (Fsp3) is 0.773. The van der Waals surface area contributed by atoms with Crippen molar-refractivity contribution in [2.24, 2.45) is 0 Å². The molecule has 28 heavy (non-hydrogen) atoms. The highest BCUT2D eigenvalue weighted by Crippen LogP contribution is 2.35. The molecule has 0 aliphatic rings. The third-order valence-corrected chi connectivity index (χ3v) is 5.37. The first-order chi connectivity index (χ1) is 13.6. The molecule has 0 saturated heterocycles. The van der Waals surface area contributed by atoms with E-state index in [0.717, 1.165) is 19.3 Å². The van der Waals surface area contributed by atoms with Crippen LogP contribution < -0.4 is 0 Å². The Kier molecular flexibility index (Phi) is 12.5. The van der Waals surface area contributed by atoms with E-state index in [1.54, 1.807) is 0 Å². The zero-order valence-electron chi connectivity index (χ0n) is 17.7. The first kappa shape index (κ1) is 24.3. The molecule has 1 aromatic heterocycles. The summed E-state index contributed by atoms with van der Waals surface area (Å²) in [4.78, 5) is 15.7. The van der Waals surface area contributed by atoms with Crippen LogP contribution in [-0.2, 0) is 16.1 Å². The summed E-state index contributed by atoms with van der Waals surface area (Å²) >= 11 is 0. The van der Waals surface area contributed by atoms with Gasteiger partial charge < -0.3 is 10.2 Å². The predicted octanol–water partition coefficient (Wildman–Crippen LogP) is 6.11. The number of aromatic hydroxyl groups is 2.